The fourth-order valence-electron chi connectivity index (χ4n) is 6.06. The number of ether oxygens (including phenoxy) is 2. The minimum Gasteiger partial charge on any atom is -0.349 e. The van der Waals surface area contributed by atoms with Crippen LogP contribution in [0.2, 0.25) is 0 Å². The summed E-state index contributed by atoms with van der Waals surface area (Å²) in [6, 6.07) is 29.0. The second kappa shape index (κ2) is 8.96. The molecule has 0 bridgehead atoms. The predicted octanol–water partition coefficient (Wildman–Crippen LogP) is 4.74. The zero-order valence-corrected chi connectivity index (χ0v) is 20.5. The van der Waals surface area contributed by atoms with Crippen LogP contribution in [0.5, 0.6) is 0 Å². The molecule has 6 rings (SSSR count). The van der Waals surface area contributed by atoms with Gasteiger partial charge in [0.2, 0.25) is 11.8 Å². The van der Waals surface area contributed by atoms with Crippen LogP contribution in [-0.2, 0) is 19.1 Å². The Morgan fingerprint density at radius 2 is 1.36 bits per heavy atom. The van der Waals surface area contributed by atoms with Crippen LogP contribution < -0.4 is 4.90 Å². The van der Waals surface area contributed by atoms with Crippen LogP contribution in [0.15, 0.2) is 91.0 Å². The molecule has 6 nitrogen and oxygen atoms in total. The Morgan fingerprint density at radius 3 is 2.00 bits per heavy atom. The molecule has 3 fully saturated rings. The van der Waals surface area contributed by atoms with Gasteiger partial charge in [-0.25, -0.2) is 4.90 Å². The van der Waals surface area contributed by atoms with E-state index in [0.29, 0.717) is 18.8 Å². The van der Waals surface area contributed by atoms with E-state index in [1.807, 2.05) is 80.6 Å². The van der Waals surface area contributed by atoms with E-state index in [4.69, 9.17) is 9.47 Å². The molecule has 36 heavy (non-hydrogen) atoms. The number of nitrogens with zero attached hydrogens (tertiary/aromatic N) is 2. The van der Waals surface area contributed by atoms with Gasteiger partial charge in [0.1, 0.15) is 6.10 Å². The molecule has 0 unspecified atom stereocenters. The number of hydrogen-bond acceptors (Lipinski definition) is 5. The van der Waals surface area contributed by atoms with Gasteiger partial charge in [-0.05, 0) is 37.1 Å². The molecular weight excluding hydrogens is 452 g/mol. The van der Waals surface area contributed by atoms with Crippen molar-refractivity contribution >= 4 is 17.5 Å². The van der Waals surface area contributed by atoms with Gasteiger partial charge < -0.3 is 9.47 Å². The highest BCUT2D eigenvalue weighted by Gasteiger charge is 2.60. The van der Waals surface area contributed by atoms with Gasteiger partial charge in [-0.3, -0.25) is 14.5 Å². The van der Waals surface area contributed by atoms with Gasteiger partial charge in [0.15, 0.2) is 5.79 Å². The number of benzene rings is 3. The summed E-state index contributed by atoms with van der Waals surface area (Å²) >= 11 is 0. The van der Waals surface area contributed by atoms with Crippen molar-refractivity contribution in [1.29, 1.82) is 0 Å². The van der Waals surface area contributed by atoms with Gasteiger partial charge >= 0.3 is 0 Å². The van der Waals surface area contributed by atoms with E-state index in [9.17, 15) is 9.59 Å². The predicted molar refractivity (Wildman–Crippen MR) is 136 cm³/mol. The number of carbonyl (C=O) groups excluding carboxylic acids is 2. The summed E-state index contributed by atoms with van der Waals surface area (Å²) < 4.78 is 12.6. The number of carbonyl (C=O) groups is 2. The molecule has 0 saturated carbocycles. The van der Waals surface area contributed by atoms with Crippen molar-refractivity contribution in [2.75, 3.05) is 18.1 Å². The molecule has 3 saturated heterocycles. The minimum atomic E-state index is -0.732. The molecule has 0 aromatic heterocycles. The zero-order chi connectivity index (χ0) is 24.9. The first-order chi connectivity index (χ1) is 17.4. The van der Waals surface area contributed by atoms with E-state index in [-0.39, 0.29) is 30.0 Å². The third-order valence-electron chi connectivity index (χ3n) is 7.65. The standard InChI is InChI=1S/C30H30N2O4/c1-30(2)35-19-24(27(36-30)21-14-8-4-9-15-21)31-18-23-25(26(31)20-12-6-3-7-13-20)29(34)32(28(23)33)22-16-10-5-11-17-22/h3-17,23-27H,18-19H2,1-2H3/t23-,24+,25-,26-,27+/m1/s1. The average Bonchev–Trinajstić information content (AvgIpc) is 3.40. The molecule has 0 radical (unpaired) electrons. The maximum atomic E-state index is 13.9. The molecular formula is C30H30N2O4. The van der Waals surface area contributed by atoms with Crippen molar-refractivity contribution in [2.24, 2.45) is 11.8 Å². The van der Waals surface area contributed by atoms with Crippen LogP contribution >= 0.6 is 0 Å². The molecule has 3 aliphatic heterocycles. The van der Waals surface area contributed by atoms with Crippen LogP contribution in [0.3, 0.4) is 0 Å². The Balaban J connectivity index is 1.41. The van der Waals surface area contributed by atoms with Crippen LogP contribution in [0.1, 0.15) is 37.1 Å². The maximum absolute atomic E-state index is 13.9. The van der Waals surface area contributed by atoms with E-state index in [1.54, 1.807) is 0 Å². The molecule has 5 atom stereocenters. The van der Waals surface area contributed by atoms with Crippen molar-refractivity contribution in [3.8, 4) is 0 Å². The van der Waals surface area contributed by atoms with E-state index >= 15 is 0 Å². The van der Waals surface area contributed by atoms with Crippen LogP contribution in [0.25, 0.3) is 0 Å². The number of rotatable bonds is 4. The van der Waals surface area contributed by atoms with Gasteiger partial charge in [0.05, 0.1) is 30.2 Å². The fourth-order valence-corrected chi connectivity index (χ4v) is 6.06. The highest BCUT2D eigenvalue weighted by atomic mass is 16.7. The van der Waals surface area contributed by atoms with Crippen LogP contribution in [0.4, 0.5) is 5.69 Å². The van der Waals surface area contributed by atoms with Crippen molar-refractivity contribution in [1.82, 2.24) is 4.90 Å². The number of hydrogen-bond donors (Lipinski definition) is 0. The Kier molecular flexibility index (Phi) is 5.75. The maximum Gasteiger partial charge on any atom is 0.239 e. The molecule has 6 heteroatoms. The highest BCUT2D eigenvalue weighted by Crippen LogP contribution is 2.50. The minimum absolute atomic E-state index is 0.131. The Hall–Kier alpha value is -3.32. The first-order valence-electron chi connectivity index (χ1n) is 12.5. The van der Waals surface area contributed by atoms with Crippen molar-refractivity contribution < 1.29 is 19.1 Å². The lowest BCUT2D eigenvalue weighted by molar-refractivity contribution is -0.298. The third kappa shape index (κ3) is 3.86. The number of fused-ring (bicyclic) bond motifs is 1. The SMILES string of the molecule is CC1(C)OC[C@H](N2C[C@H]3C(=O)N(c4ccccc4)C(=O)[C@H]3[C@H]2c2ccccc2)[C@H](c2ccccc2)O1. The molecule has 3 aromatic rings. The lowest BCUT2D eigenvalue weighted by Gasteiger charge is -2.46. The lowest BCUT2D eigenvalue weighted by Crippen LogP contribution is -2.53. The number of likely N-dealkylation sites (tertiary alicyclic amines) is 1. The number of anilines is 1. The topological polar surface area (TPSA) is 59.1 Å². The molecule has 3 aromatic carbocycles. The van der Waals surface area contributed by atoms with Gasteiger partial charge in [-0.15, -0.1) is 0 Å². The molecule has 0 spiro atoms. The first kappa shape index (κ1) is 23.1. The summed E-state index contributed by atoms with van der Waals surface area (Å²) in [5.74, 6) is -1.89. The largest absolute Gasteiger partial charge is 0.349 e. The summed E-state index contributed by atoms with van der Waals surface area (Å²) in [6.07, 6.45) is -0.254. The number of para-hydroxylation sites is 1. The summed E-state index contributed by atoms with van der Waals surface area (Å²) in [5.41, 5.74) is 2.72. The summed E-state index contributed by atoms with van der Waals surface area (Å²) in [5, 5.41) is 0. The normalized spacial score (nSPS) is 29.9. The monoisotopic (exact) mass is 482 g/mol. The quantitative estimate of drug-likeness (QED) is 0.503. The van der Waals surface area contributed by atoms with Gasteiger partial charge in [0.25, 0.3) is 0 Å². The zero-order valence-electron chi connectivity index (χ0n) is 20.5. The van der Waals surface area contributed by atoms with Gasteiger partial charge in [-0.1, -0.05) is 78.9 Å². The molecule has 0 aliphatic carbocycles. The second-order valence-electron chi connectivity index (χ2n) is 10.3. The van der Waals surface area contributed by atoms with Crippen molar-refractivity contribution in [2.45, 2.75) is 37.8 Å². The molecule has 3 aliphatic rings. The first-order valence-corrected chi connectivity index (χ1v) is 12.5. The lowest BCUT2D eigenvalue weighted by atomic mass is 9.88. The van der Waals surface area contributed by atoms with E-state index in [2.05, 4.69) is 29.2 Å². The summed E-state index contributed by atoms with van der Waals surface area (Å²) in [4.78, 5) is 31.2. The van der Waals surface area contributed by atoms with E-state index in [1.165, 1.54) is 4.90 Å². The number of amides is 2. The average molecular weight is 483 g/mol. The molecule has 0 N–H and O–H groups in total. The Morgan fingerprint density at radius 1 is 0.778 bits per heavy atom. The smallest absolute Gasteiger partial charge is 0.239 e. The van der Waals surface area contributed by atoms with E-state index in [0.717, 1.165) is 11.1 Å². The molecule has 184 valence electrons. The van der Waals surface area contributed by atoms with Crippen LogP contribution in [0, 0.1) is 11.8 Å². The van der Waals surface area contributed by atoms with Crippen LogP contribution in [-0.4, -0.2) is 41.7 Å². The van der Waals surface area contributed by atoms with Crippen molar-refractivity contribution in [3.05, 3.63) is 102 Å². The third-order valence-corrected chi connectivity index (χ3v) is 7.65. The van der Waals surface area contributed by atoms with E-state index < -0.39 is 17.6 Å². The highest BCUT2D eigenvalue weighted by molar-refractivity contribution is 6.22. The van der Waals surface area contributed by atoms with Gasteiger partial charge in [0, 0.05) is 12.6 Å². The Bertz CT molecular complexity index is 1250. The number of imide groups is 1. The van der Waals surface area contributed by atoms with Gasteiger partial charge in [-0.2, -0.15) is 0 Å². The molecule has 3 heterocycles. The van der Waals surface area contributed by atoms with Crippen molar-refractivity contribution in [3.63, 3.8) is 0 Å². The molecule has 2 amide bonds. The Labute approximate surface area is 211 Å². The fraction of sp³-hybridized carbons (Fsp3) is 0.333. The second-order valence-corrected chi connectivity index (χ2v) is 10.3. The summed E-state index contributed by atoms with van der Waals surface area (Å²) in [7, 11) is 0. The summed E-state index contributed by atoms with van der Waals surface area (Å²) in [6.45, 7) is 4.77.